The second kappa shape index (κ2) is 6.23. The fraction of sp³-hybridized carbons (Fsp3) is 0.222. The molecule has 0 amide bonds. The van der Waals surface area contributed by atoms with Crippen LogP contribution in [0.3, 0.4) is 0 Å². The van der Waals surface area contributed by atoms with Gasteiger partial charge in [0.2, 0.25) is 11.9 Å². The molecule has 6 nitrogen and oxygen atoms in total. The molecule has 0 fully saturated rings. The molecule has 2 atom stereocenters. The molecular weight excluding hydrogens is 312 g/mol. The van der Waals surface area contributed by atoms with E-state index < -0.39 is 24.0 Å². The van der Waals surface area contributed by atoms with Crippen molar-refractivity contribution in [3.63, 3.8) is 0 Å². The second-order valence-electron chi connectivity index (χ2n) is 5.36. The Morgan fingerprint density at radius 2 is 1.92 bits per heavy atom. The summed E-state index contributed by atoms with van der Waals surface area (Å²) in [6, 6.07) is 11.8. The number of hydrogen-bond donors (Lipinski definition) is 1. The summed E-state index contributed by atoms with van der Waals surface area (Å²) in [6.07, 6.45) is -1.97. The molecule has 3 rings (SSSR count). The van der Waals surface area contributed by atoms with Gasteiger partial charge in [0, 0.05) is 19.1 Å². The molecule has 0 radical (unpaired) electrons. The summed E-state index contributed by atoms with van der Waals surface area (Å²) in [5.41, 5.74) is 0.666. The Bertz CT molecular complexity index is 784. The van der Waals surface area contributed by atoms with Crippen LogP contribution in [0.25, 0.3) is 0 Å². The molecule has 2 aromatic carbocycles. The molecule has 1 aliphatic rings. The maximum atomic E-state index is 12.8. The average molecular weight is 328 g/mol. The van der Waals surface area contributed by atoms with E-state index in [0.29, 0.717) is 11.3 Å². The minimum absolute atomic E-state index is 0.0192. The van der Waals surface area contributed by atoms with Crippen molar-refractivity contribution in [3.05, 3.63) is 53.6 Å². The van der Waals surface area contributed by atoms with Gasteiger partial charge >= 0.3 is 5.97 Å². The van der Waals surface area contributed by atoms with Crippen LogP contribution >= 0.6 is 0 Å². The van der Waals surface area contributed by atoms with Gasteiger partial charge in [0.1, 0.15) is 22.8 Å². The first-order valence-electron chi connectivity index (χ1n) is 7.35. The van der Waals surface area contributed by atoms with Crippen molar-refractivity contribution < 1.29 is 28.9 Å². The van der Waals surface area contributed by atoms with Crippen LogP contribution in [-0.4, -0.2) is 30.1 Å². The number of ketones is 1. The normalized spacial score (nSPS) is 19.2. The topological polar surface area (TPSA) is 82.1 Å². The van der Waals surface area contributed by atoms with Crippen molar-refractivity contribution in [3.8, 4) is 17.2 Å². The Morgan fingerprint density at radius 1 is 1.21 bits per heavy atom. The molecule has 0 aromatic heterocycles. The first kappa shape index (κ1) is 15.9. The molecule has 0 aliphatic carbocycles. The third kappa shape index (κ3) is 2.78. The van der Waals surface area contributed by atoms with Gasteiger partial charge in [-0.25, -0.2) is 0 Å². The fourth-order valence-electron chi connectivity index (χ4n) is 2.69. The van der Waals surface area contributed by atoms with Gasteiger partial charge in [-0.15, -0.1) is 0 Å². The zero-order valence-corrected chi connectivity index (χ0v) is 13.2. The highest BCUT2D eigenvalue weighted by Gasteiger charge is 2.42. The molecule has 0 saturated heterocycles. The highest BCUT2D eigenvalue weighted by molar-refractivity contribution is 6.06. The van der Waals surface area contributed by atoms with Gasteiger partial charge in [0.05, 0.1) is 7.11 Å². The number of phenolic OH excluding ortho intramolecular Hbond substituents is 1. The number of rotatable bonds is 3. The number of carbonyl (C=O) groups excluding carboxylic acids is 2. The number of phenols is 1. The van der Waals surface area contributed by atoms with Crippen LogP contribution in [0.15, 0.2) is 42.5 Å². The van der Waals surface area contributed by atoms with Gasteiger partial charge in [-0.05, 0) is 5.56 Å². The summed E-state index contributed by atoms with van der Waals surface area (Å²) in [6.45, 7) is 1.22. The van der Waals surface area contributed by atoms with Gasteiger partial charge in [0.25, 0.3) is 0 Å². The molecule has 1 aliphatic heterocycles. The zero-order chi connectivity index (χ0) is 17.3. The van der Waals surface area contributed by atoms with Gasteiger partial charge < -0.3 is 19.3 Å². The quantitative estimate of drug-likeness (QED) is 0.872. The van der Waals surface area contributed by atoms with Crippen molar-refractivity contribution in [2.24, 2.45) is 0 Å². The molecule has 1 heterocycles. The molecular formula is C18H16O6. The Morgan fingerprint density at radius 3 is 2.54 bits per heavy atom. The summed E-state index contributed by atoms with van der Waals surface area (Å²) < 4.78 is 16.2. The van der Waals surface area contributed by atoms with E-state index in [2.05, 4.69) is 0 Å². The number of ether oxygens (including phenoxy) is 3. The van der Waals surface area contributed by atoms with Gasteiger partial charge in [-0.1, -0.05) is 30.3 Å². The van der Waals surface area contributed by atoms with E-state index in [9.17, 15) is 14.7 Å². The largest absolute Gasteiger partial charge is 0.507 e. The Labute approximate surface area is 138 Å². The number of hydrogen-bond acceptors (Lipinski definition) is 6. The summed E-state index contributed by atoms with van der Waals surface area (Å²) >= 11 is 0. The van der Waals surface area contributed by atoms with Crippen molar-refractivity contribution in [1.82, 2.24) is 0 Å². The van der Waals surface area contributed by atoms with E-state index in [1.807, 2.05) is 6.07 Å². The molecule has 24 heavy (non-hydrogen) atoms. The second-order valence-corrected chi connectivity index (χ2v) is 5.36. The first-order valence-corrected chi connectivity index (χ1v) is 7.35. The summed E-state index contributed by atoms with van der Waals surface area (Å²) in [5.74, 6) is -0.848. The van der Waals surface area contributed by atoms with E-state index in [0.717, 1.165) is 0 Å². The monoisotopic (exact) mass is 328 g/mol. The third-order valence-electron chi connectivity index (χ3n) is 3.75. The molecule has 124 valence electrons. The Kier molecular flexibility index (Phi) is 4.12. The van der Waals surface area contributed by atoms with Crippen LogP contribution in [0.1, 0.15) is 28.9 Å². The van der Waals surface area contributed by atoms with E-state index >= 15 is 0 Å². The van der Waals surface area contributed by atoms with E-state index in [1.54, 1.807) is 24.3 Å². The maximum absolute atomic E-state index is 12.8. The lowest BCUT2D eigenvalue weighted by atomic mass is 9.92. The standard InChI is InChI=1S/C18H16O6/c1-10(19)23-18-16(21)15-13(20)8-12(22-2)9-14(15)24-17(18)11-6-4-3-5-7-11/h3-9,17-18,20H,1-2H3/t17-,18-/m0/s1. The minimum Gasteiger partial charge on any atom is -0.507 e. The smallest absolute Gasteiger partial charge is 0.303 e. The summed E-state index contributed by atoms with van der Waals surface area (Å²) in [7, 11) is 1.45. The molecule has 2 aromatic rings. The number of benzene rings is 2. The van der Waals surface area contributed by atoms with Crippen molar-refractivity contribution in [1.29, 1.82) is 0 Å². The maximum Gasteiger partial charge on any atom is 0.303 e. The molecule has 0 bridgehead atoms. The van der Waals surface area contributed by atoms with Crippen LogP contribution in [0.4, 0.5) is 0 Å². The summed E-state index contributed by atoms with van der Waals surface area (Å²) in [4.78, 5) is 24.2. The van der Waals surface area contributed by atoms with Crippen molar-refractivity contribution >= 4 is 11.8 Å². The highest BCUT2D eigenvalue weighted by Crippen LogP contribution is 2.42. The van der Waals surface area contributed by atoms with Crippen LogP contribution in [0.5, 0.6) is 17.2 Å². The van der Waals surface area contributed by atoms with E-state index in [1.165, 1.54) is 26.2 Å². The van der Waals surface area contributed by atoms with E-state index in [-0.39, 0.29) is 17.1 Å². The first-order chi connectivity index (χ1) is 11.5. The number of Topliss-reactive ketones (excluding diaryl/α,β-unsaturated/α-hetero) is 1. The van der Waals surface area contributed by atoms with Crippen molar-refractivity contribution in [2.45, 2.75) is 19.1 Å². The van der Waals surface area contributed by atoms with Gasteiger partial charge in [0.15, 0.2) is 6.10 Å². The average Bonchev–Trinajstić information content (AvgIpc) is 2.57. The van der Waals surface area contributed by atoms with Crippen LogP contribution in [0.2, 0.25) is 0 Å². The SMILES string of the molecule is COc1cc(O)c2c(c1)O[C@@H](c1ccccc1)[C@@H](OC(C)=O)C2=O. The molecule has 0 spiro atoms. The Hall–Kier alpha value is -3.02. The number of carbonyl (C=O) groups is 2. The molecule has 6 heteroatoms. The third-order valence-corrected chi connectivity index (χ3v) is 3.75. The highest BCUT2D eigenvalue weighted by atomic mass is 16.6. The van der Waals surface area contributed by atoms with Crippen LogP contribution in [-0.2, 0) is 9.53 Å². The molecule has 0 saturated carbocycles. The van der Waals surface area contributed by atoms with Crippen molar-refractivity contribution in [2.75, 3.05) is 7.11 Å². The Balaban J connectivity index is 2.11. The zero-order valence-electron chi connectivity index (χ0n) is 13.2. The predicted molar refractivity (Wildman–Crippen MR) is 84.4 cm³/mol. The number of esters is 1. The number of fused-ring (bicyclic) bond motifs is 1. The number of aromatic hydroxyl groups is 1. The summed E-state index contributed by atoms with van der Waals surface area (Å²) in [5, 5.41) is 10.1. The lowest BCUT2D eigenvalue weighted by molar-refractivity contribution is -0.148. The predicted octanol–water partition coefficient (Wildman–Crippen LogP) is 2.65. The lowest BCUT2D eigenvalue weighted by Gasteiger charge is -2.32. The van der Waals surface area contributed by atoms with Gasteiger partial charge in [-0.2, -0.15) is 0 Å². The molecule has 0 unspecified atom stereocenters. The van der Waals surface area contributed by atoms with Gasteiger partial charge in [-0.3, -0.25) is 9.59 Å². The minimum atomic E-state index is -1.17. The van der Waals surface area contributed by atoms with Crippen LogP contribution in [0, 0.1) is 0 Å². The molecule has 1 N–H and O–H groups in total. The van der Waals surface area contributed by atoms with Crippen LogP contribution < -0.4 is 9.47 Å². The number of methoxy groups -OCH3 is 1. The fourth-order valence-corrected chi connectivity index (χ4v) is 2.69. The van der Waals surface area contributed by atoms with E-state index in [4.69, 9.17) is 14.2 Å². The lowest BCUT2D eigenvalue weighted by Crippen LogP contribution is -2.39.